The molecule has 0 saturated carbocycles. The first kappa shape index (κ1) is 20.7. The molecule has 2 heterocycles. The molecule has 1 N–H and O–H groups in total. The van der Waals surface area contributed by atoms with Gasteiger partial charge in [0.2, 0.25) is 0 Å². The molecule has 4 rings (SSSR count). The number of benzene rings is 2. The van der Waals surface area contributed by atoms with Gasteiger partial charge in [0.1, 0.15) is 16.5 Å². The van der Waals surface area contributed by atoms with Gasteiger partial charge in [-0.1, -0.05) is 31.1 Å². The van der Waals surface area contributed by atoms with Gasteiger partial charge in [-0.2, -0.15) is 4.98 Å². The van der Waals surface area contributed by atoms with E-state index in [-0.39, 0.29) is 11.8 Å². The van der Waals surface area contributed by atoms with E-state index in [2.05, 4.69) is 20.4 Å². The second-order valence-corrected chi connectivity index (χ2v) is 8.19. The van der Waals surface area contributed by atoms with Crippen molar-refractivity contribution in [1.29, 1.82) is 0 Å². The topological polar surface area (TPSA) is 90.1 Å². The molecule has 0 fully saturated rings. The normalized spacial score (nSPS) is 11.0. The number of aryl methyl sites for hydroxylation is 1. The third-order valence-electron chi connectivity index (χ3n) is 4.77. The number of thiazole rings is 1. The summed E-state index contributed by atoms with van der Waals surface area (Å²) < 4.78 is 10.6. The van der Waals surface area contributed by atoms with E-state index in [0.29, 0.717) is 28.7 Å². The molecular formula is C23H22N4O3S. The number of carbonyl (C=O) groups excluding carboxylic acids is 1. The molecule has 0 atom stereocenters. The maximum absolute atomic E-state index is 13.0. The fourth-order valence-electron chi connectivity index (χ4n) is 3.01. The van der Waals surface area contributed by atoms with Crippen LogP contribution in [0.4, 0.5) is 5.69 Å². The number of hydrogen-bond acceptors (Lipinski definition) is 7. The molecule has 0 saturated heterocycles. The number of methoxy groups -OCH3 is 1. The SMILES string of the molecule is COc1ccc(-c2nc(C(=O)Nc3c(C)cccc3-c3nc(C(C)C)no3)cs2)cc1. The number of aromatic nitrogens is 3. The highest BCUT2D eigenvalue weighted by molar-refractivity contribution is 7.13. The summed E-state index contributed by atoms with van der Waals surface area (Å²) in [5, 5.41) is 9.51. The lowest BCUT2D eigenvalue weighted by Crippen LogP contribution is -2.14. The van der Waals surface area contributed by atoms with Gasteiger partial charge in [-0.25, -0.2) is 4.98 Å². The third kappa shape index (κ3) is 4.34. The lowest BCUT2D eigenvalue weighted by Gasteiger charge is -2.10. The number of nitrogens with one attached hydrogen (secondary N) is 1. The van der Waals surface area contributed by atoms with Crippen molar-refractivity contribution in [2.75, 3.05) is 12.4 Å². The molecule has 158 valence electrons. The van der Waals surface area contributed by atoms with Crippen molar-refractivity contribution in [1.82, 2.24) is 15.1 Å². The fourth-order valence-corrected chi connectivity index (χ4v) is 3.82. The lowest BCUT2D eigenvalue weighted by atomic mass is 10.1. The predicted octanol–water partition coefficient (Wildman–Crippen LogP) is 5.55. The van der Waals surface area contributed by atoms with Crippen LogP contribution in [0.25, 0.3) is 22.0 Å². The van der Waals surface area contributed by atoms with Gasteiger partial charge in [-0.15, -0.1) is 11.3 Å². The molecule has 0 radical (unpaired) electrons. The molecule has 1 amide bonds. The molecule has 2 aromatic carbocycles. The monoisotopic (exact) mass is 434 g/mol. The summed E-state index contributed by atoms with van der Waals surface area (Å²) in [6.45, 7) is 5.91. The van der Waals surface area contributed by atoms with Crippen LogP contribution in [-0.4, -0.2) is 28.1 Å². The largest absolute Gasteiger partial charge is 0.497 e. The van der Waals surface area contributed by atoms with Crippen LogP contribution >= 0.6 is 11.3 Å². The highest BCUT2D eigenvalue weighted by atomic mass is 32.1. The number of hydrogen-bond donors (Lipinski definition) is 1. The third-order valence-corrected chi connectivity index (χ3v) is 5.67. The molecule has 4 aromatic rings. The first-order chi connectivity index (χ1) is 15.0. The number of amides is 1. The van der Waals surface area contributed by atoms with Crippen LogP contribution in [0.5, 0.6) is 5.75 Å². The second kappa shape index (κ2) is 8.69. The van der Waals surface area contributed by atoms with Crippen LogP contribution in [-0.2, 0) is 0 Å². The minimum atomic E-state index is -0.296. The van der Waals surface area contributed by atoms with Gasteiger partial charge in [0, 0.05) is 16.9 Å². The zero-order valence-electron chi connectivity index (χ0n) is 17.7. The lowest BCUT2D eigenvalue weighted by molar-refractivity contribution is 0.102. The Bertz CT molecular complexity index is 1210. The first-order valence-electron chi connectivity index (χ1n) is 9.81. The summed E-state index contributed by atoms with van der Waals surface area (Å²) in [7, 11) is 1.62. The Morgan fingerprint density at radius 3 is 2.58 bits per heavy atom. The summed E-state index contributed by atoms with van der Waals surface area (Å²) in [6.07, 6.45) is 0. The molecule has 0 aliphatic carbocycles. The van der Waals surface area contributed by atoms with Gasteiger partial charge in [0.25, 0.3) is 11.8 Å². The second-order valence-electron chi connectivity index (χ2n) is 7.33. The Labute approximate surface area is 184 Å². The maximum atomic E-state index is 13.0. The van der Waals surface area contributed by atoms with Crippen molar-refractivity contribution in [3.8, 4) is 27.8 Å². The minimum Gasteiger partial charge on any atom is -0.497 e. The Morgan fingerprint density at radius 2 is 1.90 bits per heavy atom. The fraction of sp³-hybridized carbons (Fsp3) is 0.217. The van der Waals surface area contributed by atoms with Crippen molar-refractivity contribution in [2.45, 2.75) is 26.7 Å². The van der Waals surface area contributed by atoms with E-state index in [1.54, 1.807) is 12.5 Å². The van der Waals surface area contributed by atoms with Crippen molar-refractivity contribution in [2.24, 2.45) is 0 Å². The molecule has 31 heavy (non-hydrogen) atoms. The molecule has 8 heteroatoms. The Kier molecular flexibility index (Phi) is 5.81. The summed E-state index contributed by atoms with van der Waals surface area (Å²) in [6, 6.07) is 13.2. The average molecular weight is 435 g/mol. The quantitative estimate of drug-likeness (QED) is 0.428. The van der Waals surface area contributed by atoms with E-state index >= 15 is 0 Å². The van der Waals surface area contributed by atoms with E-state index < -0.39 is 0 Å². The van der Waals surface area contributed by atoms with Gasteiger partial charge in [0.15, 0.2) is 5.82 Å². The van der Waals surface area contributed by atoms with Crippen LogP contribution in [0.1, 0.15) is 41.6 Å². The van der Waals surface area contributed by atoms with Crippen LogP contribution in [0.2, 0.25) is 0 Å². The average Bonchev–Trinajstić information content (AvgIpc) is 3.45. The summed E-state index contributed by atoms with van der Waals surface area (Å²) >= 11 is 1.41. The van der Waals surface area contributed by atoms with Crippen LogP contribution in [0, 0.1) is 6.92 Å². The van der Waals surface area contributed by atoms with Crippen LogP contribution in [0.3, 0.4) is 0 Å². The van der Waals surface area contributed by atoms with E-state index in [1.807, 2.05) is 63.2 Å². The van der Waals surface area contributed by atoms with Gasteiger partial charge in [0.05, 0.1) is 18.4 Å². The van der Waals surface area contributed by atoms with Crippen molar-refractivity contribution in [3.05, 3.63) is 64.9 Å². The van der Waals surface area contributed by atoms with E-state index in [0.717, 1.165) is 21.9 Å². The van der Waals surface area contributed by atoms with E-state index in [9.17, 15) is 4.79 Å². The summed E-state index contributed by atoms with van der Waals surface area (Å²) in [5.41, 5.74) is 3.47. The molecule has 0 bridgehead atoms. The molecule has 2 aromatic heterocycles. The van der Waals surface area contributed by atoms with E-state index in [1.165, 1.54) is 11.3 Å². The van der Waals surface area contributed by atoms with Gasteiger partial charge >= 0.3 is 0 Å². The molecule has 0 unspecified atom stereocenters. The number of rotatable bonds is 6. The van der Waals surface area contributed by atoms with Crippen molar-refractivity contribution in [3.63, 3.8) is 0 Å². The van der Waals surface area contributed by atoms with Gasteiger partial charge < -0.3 is 14.6 Å². The number of para-hydroxylation sites is 1. The molecule has 0 aliphatic heterocycles. The highest BCUT2D eigenvalue weighted by Gasteiger charge is 2.19. The smallest absolute Gasteiger partial charge is 0.275 e. The molecule has 0 aliphatic rings. The molecule has 0 spiro atoms. The van der Waals surface area contributed by atoms with E-state index in [4.69, 9.17) is 9.26 Å². The first-order valence-corrected chi connectivity index (χ1v) is 10.7. The predicted molar refractivity (Wildman–Crippen MR) is 121 cm³/mol. The van der Waals surface area contributed by atoms with Gasteiger partial charge in [-0.3, -0.25) is 4.79 Å². The maximum Gasteiger partial charge on any atom is 0.275 e. The standard InChI is InChI=1S/C23H22N4O3S/c1-13(2)20-26-22(30-27-20)17-7-5-6-14(3)19(17)25-21(28)18-12-31-23(24-18)15-8-10-16(29-4)11-9-15/h5-13H,1-4H3,(H,25,28). The van der Waals surface area contributed by atoms with Crippen LogP contribution in [0.15, 0.2) is 52.4 Å². The highest BCUT2D eigenvalue weighted by Crippen LogP contribution is 2.32. The molecule has 7 nitrogen and oxygen atoms in total. The van der Waals surface area contributed by atoms with Crippen LogP contribution < -0.4 is 10.1 Å². The zero-order valence-corrected chi connectivity index (χ0v) is 18.5. The van der Waals surface area contributed by atoms with Crippen molar-refractivity contribution >= 4 is 22.9 Å². The summed E-state index contributed by atoms with van der Waals surface area (Å²) in [5.74, 6) is 1.62. The number of ether oxygens (including phenoxy) is 1. The van der Waals surface area contributed by atoms with Crippen molar-refractivity contribution < 1.29 is 14.1 Å². The Balaban J connectivity index is 1.59. The number of nitrogens with zero attached hydrogens (tertiary/aromatic N) is 3. The Morgan fingerprint density at radius 1 is 1.13 bits per heavy atom. The molecular weight excluding hydrogens is 412 g/mol. The number of anilines is 1. The van der Waals surface area contributed by atoms with Gasteiger partial charge in [-0.05, 0) is 42.8 Å². The summed E-state index contributed by atoms with van der Waals surface area (Å²) in [4.78, 5) is 21.9. The zero-order chi connectivity index (χ0) is 22.0. The Hall–Kier alpha value is -3.52. The number of carbonyl (C=O) groups is 1. The minimum absolute atomic E-state index is 0.145.